The Bertz CT molecular complexity index is 4150. The standard InChI is InChI=1S/C65H47N3O/c1-41-50(47-32-35-60-54(37-47)51-22-10-13-25-58(51)67(60)48-20-6-3-7-21-48)33-34-57(66-65(41)44-30-28-43(29-31-44)42-16-4-2-5-17-42)56-39-49(40-63-64(56)53-24-12-15-27-62(53)69-63)68-59-26-14-11-23-52(59)55-36-45-18-8-9-19-46(45)38-61(55)68/h2-32,35-41,50,57H,33-34H2,1H3. The molecular formula is C65H47N3O. The van der Waals surface area contributed by atoms with Crippen molar-refractivity contribution in [3.05, 3.63) is 241 Å². The van der Waals surface area contributed by atoms with E-state index in [9.17, 15) is 0 Å². The highest BCUT2D eigenvalue weighted by Gasteiger charge is 2.33. The van der Waals surface area contributed by atoms with Crippen LogP contribution in [-0.4, -0.2) is 14.8 Å². The molecule has 0 aliphatic carbocycles. The number of rotatable bonds is 6. The van der Waals surface area contributed by atoms with Crippen LogP contribution < -0.4 is 0 Å². The van der Waals surface area contributed by atoms with Crippen LogP contribution in [0.4, 0.5) is 0 Å². The largest absolute Gasteiger partial charge is 0.456 e. The third-order valence-corrected chi connectivity index (χ3v) is 15.2. The van der Waals surface area contributed by atoms with Gasteiger partial charge in [0.15, 0.2) is 0 Å². The summed E-state index contributed by atoms with van der Waals surface area (Å²) in [4.78, 5) is 6.02. The third kappa shape index (κ3) is 6.39. The van der Waals surface area contributed by atoms with E-state index in [1.54, 1.807) is 0 Å². The summed E-state index contributed by atoms with van der Waals surface area (Å²) in [5.41, 5.74) is 16.1. The Kier molecular flexibility index (Phi) is 9.10. The van der Waals surface area contributed by atoms with Crippen molar-refractivity contribution >= 4 is 82.0 Å². The minimum atomic E-state index is -0.137. The van der Waals surface area contributed by atoms with E-state index in [2.05, 4.69) is 241 Å². The maximum atomic E-state index is 6.87. The van der Waals surface area contributed by atoms with Crippen LogP contribution in [0.3, 0.4) is 0 Å². The highest BCUT2D eigenvalue weighted by Crippen LogP contribution is 2.46. The molecule has 3 aromatic heterocycles. The Balaban J connectivity index is 0.973. The second-order valence-electron chi connectivity index (χ2n) is 19.0. The van der Waals surface area contributed by atoms with Crippen LogP contribution >= 0.6 is 0 Å². The van der Waals surface area contributed by atoms with Crippen molar-refractivity contribution in [1.29, 1.82) is 0 Å². The summed E-state index contributed by atoms with van der Waals surface area (Å²) in [5, 5.41) is 9.76. The van der Waals surface area contributed by atoms with E-state index in [1.165, 1.54) is 87.9 Å². The first-order chi connectivity index (χ1) is 34.1. The van der Waals surface area contributed by atoms with Gasteiger partial charge in [-0.3, -0.25) is 4.99 Å². The van der Waals surface area contributed by atoms with E-state index in [0.29, 0.717) is 0 Å². The first-order valence-electron chi connectivity index (χ1n) is 24.3. The molecule has 0 N–H and O–H groups in total. The number of aromatic nitrogens is 2. The molecule has 4 nitrogen and oxygen atoms in total. The molecule has 69 heavy (non-hydrogen) atoms. The average Bonchev–Trinajstić information content (AvgIpc) is 4.02. The molecule has 1 aliphatic heterocycles. The van der Waals surface area contributed by atoms with Crippen LogP contribution in [0.2, 0.25) is 0 Å². The molecule has 0 spiro atoms. The van der Waals surface area contributed by atoms with Crippen LogP contribution in [0.25, 0.3) is 98.8 Å². The molecular weight excluding hydrogens is 839 g/mol. The van der Waals surface area contributed by atoms with Crippen molar-refractivity contribution < 1.29 is 4.42 Å². The highest BCUT2D eigenvalue weighted by atomic mass is 16.3. The Hall–Kier alpha value is -8.47. The number of benzene rings is 10. The zero-order valence-electron chi connectivity index (χ0n) is 38.3. The topological polar surface area (TPSA) is 35.4 Å². The molecule has 0 saturated heterocycles. The van der Waals surface area contributed by atoms with Gasteiger partial charge < -0.3 is 13.6 Å². The van der Waals surface area contributed by atoms with Gasteiger partial charge in [-0.15, -0.1) is 0 Å². The summed E-state index contributed by atoms with van der Waals surface area (Å²) in [6.07, 6.45) is 1.84. The minimum Gasteiger partial charge on any atom is -0.456 e. The van der Waals surface area contributed by atoms with Crippen molar-refractivity contribution in [2.24, 2.45) is 10.9 Å². The Labute approximate surface area is 400 Å². The lowest BCUT2D eigenvalue weighted by Gasteiger charge is -2.24. The van der Waals surface area contributed by atoms with Gasteiger partial charge in [-0.2, -0.15) is 0 Å². The fourth-order valence-electron chi connectivity index (χ4n) is 11.9. The van der Waals surface area contributed by atoms with E-state index >= 15 is 0 Å². The van der Waals surface area contributed by atoms with Gasteiger partial charge in [-0.1, -0.05) is 165 Å². The predicted octanol–water partition coefficient (Wildman–Crippen LogP) is 17.3. The van der Waals surface area contributed by atoms with Gasteiger partial charge in [0, 0.05) is 55.7 Å². The van der Waals surface area contributed by atoms with E-state index in [0.717, 1.165) is 46.2 Å². The molecule has 3 unspecified atom stereocenters. The minimum absolute atomic E-state index is 0.128. The molecule has 13 aromatic rings. The highest BCUT2D eigenvalue weighted by molar-refractivity contribution is 6.15. The van der Waals surface area contributed by atoms with Crippen molar-refractivity contribution in [3.63, 3.8) is 0 Å². The lowest BCUT2D eigenvalue weighted by Crippen LogP contribution is -2.19. The summed E-state index contributed by atoms with van der Waals surface area (Å²) >= 11 is 0. The number of aliphatic imine (C=N–C) groups is 1. The van der Waals surface area contributed by atoms with E-state index in [4.69, 9.17) is 9.41 Å². The number of para-hydroxylation sites is 4. The maximum absolute atomic E-state index is 6.87. The molecule has 328 valence electrons. The fraction of sp³-hybridized carbons (Fsp3) is 0.0923. The quantitative estimate of drug-likeness (QED) is 0.164. The summed E-state index contributed by atoms with van der Waals surface area (Å²) in [6.45, 7) is 2.41. The van der Waals surface area contributed by atoms with Gasteiger partial charge in [-0.05, 0) is 118 Å². The van der Waals surface area contributed by atoms with Crippen LogP contribution in [0.15, 0.2) is 234 Å². The predicted molar refractivity (Wildman–Crippen MR) is 289 cm³/mol. The first kappa shape index (κ1) is 39.7. The summed E-state index contributed by atoms with van der Waals surface area (Å²) in [7, 11) is 0. The average molecular weight is 886 g/mol. The normalized spacial score (nSPS) is 16.6. The zero-order chi connectivity index (χ0) is 45.6. The smallest absolute Gasteiger partial charge is 0.137 e. The molecule has 0 saturated carbocycles. The molecule has 14 rings (SSSR count). The van der Waals surface area contributed by atoms with Crippen molar-refractivity contribution in [1.82, 2.24) is 9.13 Å². The number of hydrogen-bond donors (Lipinski definition) is 0. The second-order valence-corrected chi connectivity index (χ2v) is 19.0. The van der Waals surface area contributed by atoms with Crippen molar-refractivity contribution in [3.8, 4) is 22.5 Å². The molecule has 0 radical (unpaired) electrons. The molecule has 4 heteroatoms. The van der Waals surface area contributed by atoms with Crippen molar-refractivity contribution in [2.45, 2.75) is 31.7 Å². The van der Waals surface area contributed by atoms with Crippen molar-refractivity contribution in [2.75, 3.05) is 0 Å². The maximum Gasteiger partial charge on any atom is 0.137 e. The Morgan fingerprint density at radius 1 is 0.420 bits per heavy atom. The first-order valence-corrected chi connectivity index (χ1v) is 24.3. The van der Waals surface area contributed by atoms with E-state index in [-0.39, 0.29) is 17.9 Å². The van der Waals surface area contributed by atoms with E-state index < -0.39 is 0 Å². The van der Waals surface area contributed by atoms with Gasteiger partial charge >= 0.3 is 0 Å². The van der Waals surface area contributed by atoms with Crippen LogP contribution in [0, 0.1) is 5.92 Å². The lowest BCUT2D eigenvalue weighted by molar-refractivity contribution is 0.509. The van der Waals surface area contributed by atoms with Gasteiger partial charge in [0.25, 0.3) is 0 Å². The van der Waals surface area contributed by atoms with Gasteiger partial charge in [-0.25, -0.2) is 0 Å². The molecule has 0 fully saturated rings. The zero-order valence-corrected chi connectivity index (χ0v) is 38.3. The molecule has 10 aromatic carbocycles. The molecule has 0 amide bonds. The number of furan rings is 1. The Morgan fingerprint density at radius 3 is 1.75 bits per heavy atom. The van der Waals surface area contributed by atoms with Gasteiger partial charge in [0.1, 0.15) is 11.2 Å². The molecule has 0 bridgehead atoms. The number of fused-ring (bicyclic) bond motifs is 10. The number of nitrogens with zero attached hydrogens (tertiary/aromatic N) is 3. The fourth-order valence-corrected chi connectivity index (χ4v) is 11.9. The van der Waals surface area contributed by atoms with Crippen LogP contribution in [0.1, 0.15) is 48.4 Å². The molecule has 4 heterocycles. The Morgan fingerprint density at radius 2 is 1.00 bits per heavy atom. The van der Waals surface area contributed by atoms with Crippen LogP contribution in [-0.2, 0) is 0 Å². The lowest BCUT2D eigenvalue weighted by atomic mass is 9.79. The van der Waals surface area contributed by atoms with Gasteiger partial charge in [0.05, 0.1) is 33.8 Å². The number of hydrogen-bond acceptors (Lipinski definition) is 2. The van der Waals surface area contributed by atoms with E-state index in [1.807, 2.05) is 0 Å². The third-order valence-electron chi connectivity index (χ3n) is 15.2. The monoisotopic (exact) mass is 885 g/mol. The second kappa shape index (κ2) is 15.8. The van der Waals surface area contributed by atoms with Gasteiger partial charge in [0.2, 0.25) is 0 Å². The summed E-state index contributed by atoms with van der Waals surface area (Å²) in [5.74, 6) is 0.346. The summed E-state index contributed by atoms with van der Waals surface area (Å²) < 4.78 is 11.7. The molecule has 3 atom stereocenters. The van der Waals surface area contributed by atoms with Crippen LogP contribution in [0.5, 0.6) is 0 Å². The summed E-state index contributed by atoms with van der Waals surface area (Å²) in [6, 6.07) is 82.0. The SMILES string of the molecule is CC1C(c2ccc(-c3ccccc3)cc2)=NC(c2cc(-n3c4ccccc4c4cc5ccccc5cc43)cc3oc4ccccc4c23)CCC1c1ccc2c(c1)c1ccccc1n2-c1ccccc1. The molecule has 1 aliphatic rings.